The van der Waals surface area contributed by atoms with E-state index in [4.69, 9.17) is 13.9 Å². The molecule has 3 nitrogen and oxygen atoms in total. The van der Waals surface area contributed by atoms with Gasteiger partial charge in [0.15, 0.2) is 0 Å². The van der Waals surface area contributed by atoms with Crippen LogP contribution < -0.4 is 9.47 Å². The SMILES string of the molecule is C(=C/c1ccc(OCc2ccccc2)cc1OCc1ccccc1)/c1ccco1. The van der Waals surface area contributed by atoms with Crippen LogP contribution in [0.15, 0.2) is 102 Å². The second-order valence-corrected chi connectivity index (χ2v) is 6.60. The molecular weight excluding hydrogens is 360 g/mol. The molecule has 1 aromatic heterocycles. The van der Waals surface area contributed by atoms with Crippen molar-refractivity contribution in [3.8, 4) is 11.5 Å². The standard InChI is InChI=1S/C26H22O3/c1-3-8-21(9-4-1)19-28-25-16-14-23(13-15-24-12-7-17-27-24)26(18-25)29-20-22-10-5-2-6-11-22/h1-18H,19-20H2/b15-13-. The molecule has 0 radical (unpaired) electrons. The van der Waals surface area contributed by atoms with Gasteiger partial charge in [-0.2, -0.15) is 0 Å². The van der Waals surface area contributed by atoms with Crippen LogP contribution in [0.25, 0.3) is 12.2 Å². The normalized spacial score (nSPS) is 10.9. The Morgan fingerprint density at radius 3 is 2.00 bits per heavy atom. The van der Waals surface area contributed by atoms with Gasteiger partial charge in [-0.15, -0.1) is 0 Å². The molecule has 4 rings (SSSR count). The lowest BCUT2D eigenvalue weighted by atomic mass is 10.1. The molecule has 4 aromatic rings. The van der Waals surface area contributed by atoms with E-state index in [-0.39, 0.29) is 0 Å². The van der Waals surface area contributed by atoms with Crippen molar-refractivity contribution in [1.82, 2.24) is 0 Å². The second-order valence-electron chi connectivity index (χ2n) is 6.60. The van der Waals surface area contributed by atoms with Crippen molar-refractivity contribution in [3.05, 3.63) is 120 Å². The fraction of sp³-hybridized carbons (Fsp3) is 0.0769. The van der Waals surface area contributed by atoms with Gasteiger partial charge >= 0.3 is 0 Å². The van der Waals surface area contributed by atoms with Crippen LogP contribution in [0.3, 0.4) is 0 Å². The topological polar surface area (TPSA) is 31.6 Å². The Hall–Kier alpha value is -3.72. The van der Waals surface area contributed by atoms with Crippen molar-refractivity contribution in [2.75, 3.05) is 0 Å². The van der Waals surface area contributed by atoms with Crippen LogP contribution in [-0.4, -0.2) is 0 Å². The minimum absolute atomic E-state index is 0.491. The molecule has 0 saturated carbocycles. The fourth-order valence-electron chi connectivity index (χ4n) is 2.90. The predicted molar refractivity (Wildman–Crippen MR) is 116 cm³/mol. The summed E-state index contributed by atoms with van der Waals surface area (Å²) in [4.78, 5) is 0. The Morgan fingerprint density at radius 2 is 1.34 bits per heavy atom. The van der Waals surface area contributed by atoms with E-state index in [2.05, 4.69) is 0 Å². The minimum Gasteiger partial charge on any atom is -0.489 e. The summed E-state index contributed by atoms with van der Waals surface area (Å²) in [5, 5.41) is 0. The molecular formula is C26H22O3. The van der Waals surface area contributed by atoms with Crippen LogP contribution >= 0.6 is 0 Å². The third kappa shape index (κ3) is 5.39. The van der Waals surface area contributed by atoms with Gasteiger partial charge in [0.25, 0.3) is 0 Å². The lowest BCUT2D eigenvalue weighted by molar-refractivity contribution is 0.289. The lowest BCUT2D eigenvalue weighted by Crippen LogP contribution is -1.99. The molecule has 0 unspecified atom stereocenters. The molecule has 0 saturated heterocycles. The maximum absolute atomic E-state index is 6.12. The average Bonchev–Trinajstić information content (AvgIpc) is 3.30. The van der Waals surface area contributed by atoms with Crippen LogP contribution in [0.1, 0.15) is 22.5 Å². The summed E-state index contributed by atoms with van der Waals surface area (Å²) >= 11 is 0. The molecule has 0 atom stereocenters. The van der Waals surface area contributed by atoms with E-state index in [0.717, 1.165) is 33.9 Å². The summed E-state index contributed by atoms with van der Waals surface area (Å²) in [5.74, 6) is 2.33. The van der Waals surface area contributed by atoms with Gasteiger partial charge in [-0.3, -0.25) is 0 Å². The van der Waals surface area contributed by atoms with E-state index >= 15 is 0 Å². The van der Waals surface area contributed by atoms with Crippen molar-refractivity contribution >= 4 is 12.2 Å². The van der Waals surface area contributed by atoms with Crippen LogP contribution in [0.2, 0.25) is 0 Å². The van der Waals surface area contributed by atoms with Crippen molar-refractivity contribution in [2.45, 2.75) is 13.2 Å². The number of benzene rings is 3. The molecule has 0 amide bonds. The summed E-state index contributed by atoms with van der Waals surface area (Å²) in [7, 11) is 0. The monoisotopic (exact) mass is 382 g/mol. The Balaban J connectivity index is 1.52. The molecule has 0 N–H and O–H groups in total. The summed E-state index contributed by atoms with van der Waals surface area (Å²) in [6.07, 6.45) is 5.57. The average molecular weight is 382 g/mol. The Kier molecular flexibility index (Phi) is 6.08. The molecule has 3 aromatic carbocycles. The van der Waals surface area contributed by atoms with Gasteiger partial charge in [0.2, 0.25) is 0 Å². The highest BCUT2D eigenvalue weighted by Gasteiger charge is 2.06. The van der Waals surface area contributed by atoms with Gasteiger partial charge in [-0.1, -0.05) is 60.7 Å². The highest BCUT2D eigenvalue weighted by atomic mass is 16.5. The van der Waals surface area contributed by atoms with E-state index in [1.807, 2.05) is 103 Å². The van der Waals surface area contributed by atoms with Crippen molar-refractivity contribution in [2.24, 2.45) is 0 Å². The number of furan rings is 1. The van der Waals surface area contributed by atoms with Crippen LogP contribution in [-0.2, 0) is 13.2 Å². The van der Waals surface area contributed by atoms with E-state index in [1.54, 1.807) is 6.26 Å². The third-order valence-electron chi connectivity index (χ3n) is 4.44. The predicted octanol–water partition coefficient (Wildman–Crippen LogP) is 6.61. The molecule has 0 bridgehead atoms. The van der Waals surface area contributed by atoms with Crippen molar-refractivity contribution < 1.29 is 13.9 Å². The first kappa shape index (κ1) is 18.6. The molecule has 0 aliphatic carbocycles. The molecule has 0 fully saturated rings. The molecule has 3 heteroatoms. The van der Waals surface area contributed by atoms with Crippen molar-refractivity contribution in [3.63, 3.8) is 0 Å². The first-order valence-corrected chi connectivity index (χ1v) is 9.56. The minimum atomic E-state index is 0.491. The molecule has 0 aliphatic heterocycles. The highest BCUT2D eigenvalue weighted by Crippen LogP contribution is 2.28. The Morgan fingerprint density at radius 1 is 0.655 bits per heavy atom. The summed E-state index contributed by atoms with van der Waals surface area (Å²) in [5.41, 5.74) is 3.20. The first-order chi connectivity index (χ1) is 14.4. The molecule has 0 aliphatic rings. The van der Waals surface area contributed by atoms with Gasteiger partial charge < -0.3 is 13.9 Å². The van der Waals surface area contributed by atoms with Gasteiger partial charge in [0.05, 0.1) is 6.26 Å². The maximum atomic E-state index is 6.12. The number of hydrogen-bond acceptors (Lipinski definition) is 3. The van der Waals surface area contributed by atoms with E-state index in [9.17, 15) is 0 Å². The molecule has 144 valence electrons. The first-order valence-electron chi connectivity index (χ1n) is 9.56. The molecule has 0 spiro atoms. The van der Waals surface area contributed by atoms with Crippen LogP contribution in [0, 0.1) is 0 Å². The summed E-state index contributed by atoms with van der Waals surface area (Å²) in [6, 6.07) is 29.9. The largest absolute Gasteiger partial charge is 0.489 e. The summed E-state index contributed by atoms with van der Waals surface area (Å²) in [6.45, 7) is 1.01. The number of ether oxygens (including phenoxy) is 2. The zero-order chi connectivity index (χ0) is 19.7. The second kappa shape index (κ2) is 9.47. The van der Waals surface area contributed by atoms with Gasteiger partial charge in [0.1, 0.15) is 30.5 Å². The quantitative estimate of drug-likeness (QED) is 0.344. The zero-order valence-corrected chi connectivity index (χ0v) is 16.0. The van der Waals surface area contributed by atoms with Gasteiger partial charge in [0, 0.05) is 11.6 Å². The summed E-state index contributed by atoms with van der Waals surface area (Å²) < 4.78 is 17.5. The molecule has 1 heterocycles. The number of rotatable bonds is 8. The van der Waals surface area contributed by atoms with Crippen molar-refractivity contribution in [1.29, 1.82) is 0 Å². The Labute approximate surface area is 170 Å². The van der Waals surface area contributed by atoms with Gasteiger partial charge in [-0.05, 0) is 47.5 Å². The lowest BCUT2D eigenvalue weighted by Gasteiger charge is -2.13. The smallest absolute Gasteiger partial charge is 0.130 e. The number of hydrogen-bond donors (Lipinski definition) is 0. The van der Waals surface area contributed by atoms with Gasteiger partial charge in [-0.25, -0.2) is 0 Å². The molecule has 29 heavy (non-hydrogen) atoms. The third-order valence-corrected chi connectivity index (χ3v) is 4.44. The van der Waals surface area contributed by atoms with E-state index in [0.29, 0.717) is 13.2 Å². The highest BCUT2D eigenvalue weighted by molar-refractivity contribution is 5.71. The fourth-order valence-corrected chi connectivity index (χ4v) is 2.90. The van der Waals surface area contributed by atoms with E-state index < -0.39 is 0 Å². The van der Waals surface area contributed by atoms with Crippen LogP contribution in [0.5, 0.6) is 11.5 Å². The van der Waals surface area contributed by atoms with E-state index in [1.165, 1.54) is 0 Å². The zero-order valence-electron chi connectivity index (χ0n) is 16.0. The maximum Gasteiger partial charge on any atom is 0.130 e. The Bertz CT molecular complexity index is 1040. The van der Waals surface area contributed by atoms with Crippen LogP contribution in [0.4, 0.5) is 0 Å².